The number of carbonyl (C=O) groups excluding carboxylic acids is 1. The van der Waals surface area contributed by atoms with Gasteiger partial charge in [0, 0.05) is 30.6 Å². The Morgan fingerprint density at radius 2 is 1.94 bits per heavy atom. The number of halogens is 4. The van der Waals surface area contributed by atoms with Gasteiger partial charge < -0.3 is 20.1 Å². The number of hydrogen-bond acceptors (Lipinski definition) is 7. The molecular formula is C23H24Cl2F2N4O3. The first-order chi connectivity index (χ1) is 15.9. The molecule has 11 heteroatoms. The van der Waals surface area contributed by atoms with Crippen molar-refractivity contribution in [3.63, 3.8) is 0 Å². The van der Waals surface area contributed by atoms with Gasteiger partial charge in [-0.05, 0) is 37.5 Å². The molecule has 2 N–H and O–H groups in total. The molecule has 0 amide bonds. The van der Waals surface area contributed by atoms with Crippen molar-refractivity contribution in [3.05, 3.63) is 40.9 Å². The number of phenolic OH excluding ortho intramolecular Hbond substituents is 1. The average molecular weight is 513 g/mol. The monoisotopic (exact) mass is 512 g/mol. The lowest BCUT2D eigenvalue weighted by atomic mass is 10.0. The lowest BCUT2D eigenvalue weighted by Crippen LogP contribution is -2.30. The Bertz CT molecular complexity index is 1190. The number of esters is 1. The van der Waals surface area contributed by atoms with Crippen LogP contribution in [0.25, 0.3) is 22.0 Å². The van der Waals surface area contributed by atoms with E-state index in [1.54, 1.807) is 0 Å². The number of piperidine rings is 1. The number of ether oxygens (including phenoxy) is 1. The number of benzene rings is 2. The van der Waals surface area contributed by atoms with Crippen molar-refractivity contribution in [2.24, 2.45) is 0 Å². The summed E-state index contributed by atoms with van der Waals surface area (Å²) in [6, 6.07) is 5.20. The van der Waals surface area contributed by atoms with Gasteiger partial charge in [0.05, 0.1) is 24.1 Å². The minimum Gasteiger partial charge on any atom is -0.507 e. The number of nitrogens with zero attached hydrogens (tertiary/aromatic N) is 3. The number of fused-ring (bicyclic) bond motifs is 1. The number of phenols is 1. The van der Waals surface area contributed by atoms with Gasteiger partial charge in [-0.3, -0.25) is 4.79 Å². The highest BCUT2D eigenvalue weighted by Crippen LogP contribution is 2.42. The summed E-state index contributed by atoms with van der Waals surface area (Å²) in [6.07, 6.45) is 3.10. The van der Waals surface area contributed by atoms with Crippen LogP contribution in [-0.4, -0.2) is 47.8 Å². The van der Waals surface area contributed by atoms with E-state index < -0.39 is 23.4 Å². The predicted octanol–water partition coefficient (Wildman–Crippen LogP) is 5.32. The van der Waals surface area contributed by atoms with Crippen molar-refractivity contribution in [1.82, 2.24) is 9.97 Å². The molecule has 0 radical (unpaired) electrons. The standard InChI is InChI=1S/C23H23ClF2N4O3.ClH/c1-33-17(32)8-9-27-23-28-21-13(22(29-23)30-10-3-2-4-11-30)12-14(24)18(20(21)26)19-15(25)6-5-7-16(19)31;/h5-7,12,31H,2-4,8-11H2,1H3,(H,27,28,29);1H. The Hall–Kier alpha value is -2.91. The Balaban J connectivity index is 0.00000324. The number of carbonyl (C=O) groups is 1. The van der Waals surface area contributed by atoms with E-state index in [9.17, 15) is 14.3 Å². The zero-order chi connectivity index (χ0) is 23.5. The van der Waals surface area contributed by atoms with Gasteiger partial charge in [0.15, 0.2) is 5.82 Å². The van der Waals surface area contributed by atoms with E-state index in [-0.39, 0.29) is 53.0 Å². The van der Waals surface area contributed by atoms with Crippen molar-refractivity contribution in [3.8, 4) is 16.9 Å². The van der Waals surface area contributed by atoms with E-state index in [2.05, 4.69) is 20.0 Å². The molecule has 0 aliphatic carbocycles. The molecule has 0 unspecified atom stereocenters. The average Bonchev–Trinajstić information content (AvgIpc) is 2.81. The largest absolute Gasteiger partial charge is 0.507 e. The maximum atomic E-state index is 15.8. The van der Waals surface area contributed by atoms with E-state index in [4.69, 9.17) is 11.6 Å². The normalized spacial score (nSPS) is 13.5. The molecule has 7 nitrogen and oxygen atoms in total. The van der Waals surface area contributed by atoms with E-state index in [1.807, 2.05) is 4.90 Å². The Morgan fingerprint density at radius 3 is 2.62 bits per heavy atom. The first kappa shape index (κ1) is 25.7. The number of aromatic nitrogens is 2. The molecule has 1 saturated heterocycles. The number of nitrogens with one attached hydrogen (secondary N) is 1. The topological polar surface area (TPSA) is 87.6 Å². The molecule has 2 heterocycles. The van der Waals surface area contributed by atoms with Crippen molar-refractivity contribution < 1.29 is 23.4 Å². The number of hydrogen-bond donors (Lipinski definition) is 2. The zero-order valence-corrected chi connectivity index (χ0v) is 20.0. The smallest absolute Gasteiger partial charge is 0.307 e. The highest BCUT2D eigenvalue weighted by atomic mass is 35.5. The quantitative estimate of drug-likeness (QED) is 0.432. The molecule has 3 aromatic rings. The van der Waals surface area contributed by atoms with Crippen molar-refractivity contribution >= 4 is 52.6 Å². The molecule has 1 fully saturated rings. The molecule has 0 bridgehead atoms. The van der Waals surface area contributed by atoms with E-state index >= 15 is 4.39 Å². The second-order valence-electron chi connectivity index (χ2n) is 7.75. The molecule has 1 aliphatic heterocycles. The summed E-state index contributed by atoms with van der Waals surface area (Å²) in [7, 11) is 1.29. The van der Waals surface area contributed by atoms with Crippen LogP contribution >= 0.6 is 24.0 Å². The van der Waals surface area contributed by atoms with Gasteiger partial charge in [0.1, 0.15) is 22.9 Å². The van der Waals surface area contributed by atoms with Gasteiger partial charge >= 0.3 is 5.97 Å². The maximum absolute atomic E-state index is 15.8. The first-order valence-electron chi connectivity index (χ1n) is 10.6. The van der Waals surface area contributed by atoms with Crippen LogP contribution in [0.1, 0.15) is 25.7 Å². The van der Waals surface area contributed by atoms with Crippen molar-refractivity contribution in [1.29, 1.82) is 0 Å². The van der Waals surface area contributed by atoms with E-state index in [0.717, 1.165) is 38.4 Å². The van der Waals surface area contributed by atoms with Crippen LogP contribution in [-0.2, 0) is 9.53 Å². The van der Waals surface area contributed by atoms with Gasteiger partial charge in [-0.2, -0.15) is 4.98 Å². The van der Waals surface area contributed by atoms with Gasteiger partial charge in [0.25, 0.3) is 0 Å². The second kappa shape index (κ2) is 11.0. The molecule has 0 saturated carbocycles. The van der Waals surface area contributed by atoms with Gasteiger partial charge in [-0.25, -0.2) is 13.8 Å². The van der Waals surface area contributed by atoms with Gasteiger partial charge in [-0.1, -0.05) is 17.7 Å². The summed E-state index contributed by atoms with van der Waals surface area (Å²) in [4.78, 5) is 22.3. The van der Waals surface area contributed by atoms with Crippen LogP contribution in [0.2, 0.25) is 5.02 Å². The van der Waals surface area contributed by atoms with Crippen LogP contribution < -0.4 is 10.2 Å². The highest BCUT2D eigenvalue weighted by molar-refractivity contribution is 6.34. The van der Waals surface area contributed by atoms with Crippen LogP contribution in [0.15, 0.2) is 24.3 Å². The number of aromatic hydroxyl groups is 1. The van der Waals surface area contributed by atoms with Crippen LogP contribution in [0.5, 0.6) is 5.75 Å². The SMILES string of the molecule is COC(=O)CCNc1nc(N2CCCCC2)c2cc(Cl)c(-c3c(O)cccc3F)c(F)c2n1.Cl. The highest BCUT2D eigenvalue weighted by Gasteiger charge is 2.25. The van der Waals surface area contributed by atoms with Crippen molar-refractivity contribution in [2.45, 2.75) is 25.7 Å². The number of methoxy groups -OCH3 is 1. The fourth-order valence-electron chi connectivity index (χ4n) is 3.97. The summed E-state index contributed by atoms with van der Waals surface area (Å²) in [5.74, 6) is -1.89. The Labute approximate surface area is 206 Å². The van der Waals surface area contributed by atoms with Gasteiger partial charge in [0.2, 0.25) is 5.95 Å². The van der Waals surface area contributed by atoms with Gasteiger partial charge in [-0.15, -0.1) is 12.4 Å². The van der Waals surface area contributed by atoms with Crippen molar-refractivity contribution in [2.75, 3.05) is 37.0 Å². The summed E-state index contributed by atoms with van der Waals surface area (Å²) < 4.78 is 35.0. The maximum Gasteiger partial charge on any atom is 0.307 e. The molecule has 0 atom stereocenters. The van der Waals surface area contributed by atoms with E-state index in [0.29, 0.717) is 11.2 Å². The van der Waals surface area contributed by atoms with Crippen LogP contribution in [0.4, 0.5) is 20.5 Å². The van der Waals surface area contributed by atoms with Crippen LogP contribution in [0, 0.1) is 11.6 Å². The molecule has 0 spiro atoms. The van der Waals surface area contributed by atoms with E-state index in [1.165, 1.54) is 25.3 Å². The molecule has 182 valence electrons. The summed E-state index contributed by atoms with van der Waals surface area (Å²) in [5, 5.41) is 13.5. The Kier molecular flexibility index (Phi) is 8.33. The molecule has 2 aromatic carbocycles. The lowest BCUT2D eigenvalue weighted by Gasteiger charge is -2.29. The molecule has 1 aromatic heterocycles. The molecular weight excluding hydrogens is 489 g/mol. The third kappa shape index (κ3) is 5.10. The molecule has 4 rings (SSSR count). The zero-order valence-electron chi connectivity index (χ0n) is 18.4. The molecule has 1 aliphatic rings. The fraction of sp³-hybridized carbons (Fsp3) is 0.348. The summed E-state index contributed by atoms with van der Waals surface area (Å²) in [6.45, 7) is 1.67. The minimum absolute atomic E-state index is 0. The third-order valence-electron chi connectivity index (χ3n) is 5.60. The third-order valence-corrected chi connectivity index (χ3v) is 5.90. The summed E-state index contributed by atoms with van der Waals surface area (Å²) >= 11 is 6.41. The minimum atomic E-state index is -0.866. The first-order valence-corrected chi connectivity index (χ1v) is 11.0. The fourth-order valence-corrected chi connectivity index (χ4v) is 4.26. The molecule has 34 heavy (non-hydrogen) atoms. The second-order valence-corrected chi connectivity index (χ2v) is 8.16. The lowest BCUT2D eigenvalue weighted by molar-refractivity contribution is -0.140. The predicted molar refractivity (Wildman–Crippen MR) is 130 cm³/mol. The summed E-state index contributed by atoms with van der Waals surface area (Å²) in [5.41, 5.74) is -0.669. The Morgan fingerprint density at radius 1 is 1.21 bits per heavy atom. The number of rotatable bonds is 6. The number of anilines is 2. The van der Waals surface area contributed by atoms with Crippen LogP contribution in [0.3, 0.4) is 0 Å².